The number of azide groups is 1. The number of rotatable bonds is 1. The molecular formula is C7H8N4O2. The Morgan fingerprint density at radius 3 is 2.69 bits per heavy atom. The molecule has 0 N–H and O–H groups in total. The van der Waals surface area contributed by atoms with Crippen molar-refractivity contribution in [1.29, 1.82) is 5.26 Å². The molecule has 6 heteroatoms. The number of nitrogens with zero attached hydrogens (tertiary/aromatic N) is 4. The molecule has 1 amide bonds. The molecule has 0 aliphatic carbocycles. The maximum atomic E-state index is 11.3. The molecule has 1 rings (SSSR count). The minimum Gasteiger partial charge on any atom is -0.381 e. The Morgan fingerprint density at radius 1 is 1.62 bits per heavy atom. The first kappa shape index (κ1) is 9.52. The topological polar surface area (TPSA) is 98.8 Å². The fourth-order valence-electron chi connectivity index (χ4n) is 1.23. The SMILES string of the molecule is N#CC1(C(=O)N=[N+]=[N-])CCOCC1. The van der Waals surface area contributed by atoms with Gasteiger partial charge in [-0.05, 0) is 23.5 Å². The molecule has 1 saturated heterocycles. The second kappa shape index (κ2) is 3.90. The van der Waals surface area contributed by atoms with Crippen LogP contribution in [0.2, 0.25) is 0 Å². The van der Waals surface area contributed by atoms with Gasteiger partial charge in [0.05, 0.1) is 6.07 Å². The van der Waals surface area contributed by atoms with E-state index in [1.165, 1.54) is 0 Å². The zero-order valence-corrected chi connectivity index (χ0v) is 6.93. The molecule has 0 aromatic carbocycles. The number of carbonyl (C=O) groups excluding carboxylic acids is 1. The van der Waals surface area contributed by atoms with Crippen LogP contribution >= 0.6 is 0 Å². The molecule has 1 fully saturated rings. The van der Waals surface area contributed by atoms with Crippen LogP contribution in [0.25, 0.3) is 10.4 Å². The molecule has 0 aromatic rings. The highest BCUT2D eigenvalue weighted by molar-refractivity contribution is 5.86. The minimum atomic E-state index is -1.15. The zero-order valence-electron chi connectivity index (χ0n) is 6.93. The molecule has 0 spiro atoms. The summed E-state index contributed by atoms with van der Waals surface area (Å²) < 4.78 is 5.02. The van der Waals surface area contributed by atoms with Gasteiger partial charge in [-0.25, -0.2) is 0 Å². The lowest BCUT2D eigenvalue weighted by Crippen LogP contribution is -2.34. The van der Waals surface area contributed by atoms with Crippen LogP contribution in [0.4, 0.5) is 0 Å². The number of nitriles is 1. The Bertz CT molecular complexity index is 294. The summed E-state index contributed by atoms with van der Waals surface area (Å²) in [7, 11) is 0. The van der Waals surface area contributed by atoms with Crippen molar-refractivity contribution in [3.8, 4) is 6.07 Å². The van der Waals surface area contributed by atoms with E-state index >= 15 is 0 Å². The van der Waals surface area contributed by atoms with Crippen molar-refractivity contribution in [1.82, 2.24) is 0 Å². The van der Waals surface area contributed by atoms with E-state index < -0.39 is 11.3 Å². The van der Waals surface area contributed by atoms with Gasteiger partial charge in [-0.15, -0.1) is 0 Å². The van der Waals surface area contributed by atoms with Crippen molar-refractivity contribution in [2.24, 2.45) is 10.5 Å². The molecule has 13 heavy (non-hydrogen) atoms. The third-order valence-electron chi connectivity index (χ3n) is 2.11. The van der Waals surface area contributed by atoms with Gasteiger partial charge in [0.1, 0.15) is 5.41 Å². The van der Waals surface area contributed by atoms with Crippen LogP contribution in [0.5, 0.6) is 0 Å². The Labute approximate surface area is 74.7 Å². The molecule has 0 unspecified atom stereocenters. The van der Waals surface area contributed by atoms with Gasteiger partial charge in [0.2, 0.25) is 5.91 Å². The third kappa shape index (κ3) is 1.78. The van der Waals surface area contributed by atoms with Gasteiger partial charge >= 0.3 is 0 Å². The minimum absolute atomic E-state index is 0.307. The Balaban J connectivity index is 2.86. The molecule has 68 valence electrons. The summed E-state index contributed by atoms with van der Waals surface area (Å²) in [5.74, 6) is -0.694. The number of ether oxygens (including phenoxy) is 1. The molecule has 1 aliphatic rings. The van der Waals surface area contributed by atoms with Crippen LogP contribution in [0.1, 0.15) is 12.8 Å². The molecule has 1 aliphatic heterocycles. The Kier molecular flexibility index (Phi) is 2.85. The van der Waals surface area contributed by atoms with Crippen LogP contribution < -0.4 is 0 Å². The van der Waals surface area contributed by atoms with Gasteiger partial charge in [0, 0.05) is 18.1 Å². The number of carbonyl (C=O) groups is 1. The van der Waals surface area contributed by atoms with E-state index in [0.29, 0.717) is 26.1 Å². The predicted molar refractivity (Wildman–Crippen MR) is 42.3 cm³/mol. The summed E-state index contributed by atoms with van der Waals surface area (Å²) in [6.45, 7) is 0.723. The van der Waals surface area contributed by atoms with Gasteiger partial charge in [-0.1, -0.05) is 0 Å². The van der Waals surface area contributed by atoms with Crippen LogP contribution in [0.15, 0.2) is 5.11 Å². The maximum absolute atomic E-state index is 11.3. The first-order valence-electron chi connectivity index (χ1n) is 3.84. The van der Waals surface area contributed by atoms with Gasteiger partial charge < -0.3 is 4.74 Å². The lowest BCUT2D eigenvalue weighted by molar-refractivity contribution is -0.128. The van der Waals surface area contributed by atoms with E-state index in [0.717, 1.165) is 0 Å². The highest BCUT2D eigenvalue weighted by Crippen LogP contribution is 2.31. The average molecular weight is 180 g/mol. The summed E-state index contributed by atoms with van der Waals surface area (Å²) in [6, 6.07) is 1.91. The van der Waals surface area contributed by atoms with Gasteiger partial charge in [0.15, 0.2) is 0 Å². The third-order valence-corrected chi connectivity index (χ3v) is 2.11. The monoisotopic (exact) mass is 180 g/mol. The lowest BCUT2D eigenvalue weighted by Gasteiger charge is -2.27. The Morgan fingerprint density at radius 2 is 2.23 bits per heavy atom. The van der Waals surface area contributed by atoms with Crippen molar-refractivity contribution in [2.75, 3.05) is 13.2 Å². The number of hydrogen-bond donors (Lipinski definition) is 0. The molecule has 0 aromatic heterocycles. The van der Waals surface area contributed by atoms with Crippen LogP contribution in [-0.2, 0) is 9.53 Å². The summed E-state index contributed by atoms with van der Waals surface area (Å²) in [6.07, 6.45) is 0.614. The highest BCUT2D eigenvalue weighted by atomic mass is 16.5. The fourth-order valence-corrected chi connectivity index (χ4v) is 1.23. The number of amides is 1. The molecular weight excluding hydrogens is 172 g/mol. The fraction of sp³-hybridized carbons (Fsp3) is 0.714. The smallest absolute Gasteiger partial charge is 0.239 e. The van der Waals surface area contributed by atoms with Crippen LogP contribution in [0.3, 0.4) is 0 Å². The van der Waals surface area contributed by atoms with Crippen molar-refractivity contribution < 1.29 is 9.53 Å². The summed E-state index contributed by atoms with van der Waals surface area (Å²) >= 11 is 0. The van der Waals surface area contributed by atoms with Crippen molar-refractivity contribution in [3.63, 3.8) is 0 Å². The largest absolute Gasteiger partial charge is 0.381 e. The predicted octanol–water partition coefficient (Wildman–Crippen LogP) is 1.14. The normalized spacial score (nSPS) is 19.6. The summed E-state index contributed by atoms with van der Waals surface area (Å²) in [4.78, 5) is 13.6. The molecule has 0 radical (unpaired) electrons. The van der Waals surface area contributed by atoms with Gasteiger partial charge in [-0.3, -0.25) is 4.79 Å². The molecule has 1 heterocycles. The summed E-state index contributed by atoms with van der Waals surface area (Å²) in [5, 5.41) is 11.8. The summed E-state index contributed by atoms with van der Waals surface area (Å²) in [5.41, 5.74) is 6.93. The van der Waals surface area contributed by atoms with Crippen molar-refractivity contribution >= 4 is 5.91 Å². The van der Waals surface area contributed by atoms with E-state index in [2.05, 4.69) is 10.0 Å². The van der Waals surface area contributed by atoms with Crippen LogP contribution in [-0.4, -0.2) is 19.1 Å². The first-order valence-corrected chi connectivity index (χ1v) is 3.84. The lowest BCUT2D eigenvalue weighted by atomic mass is 9.81. The quantitative estimate of drug-likeness (QED) is 0.343. The van der Waals surface area contributed by atoms with E-state index in [1.807, 2.05) is 6.07 Å². The Hall–Kier alpha value is -1.57. The molecule has 6 nitrogen and oxygen atoms in total. The van der Waals surface area contributed by atoms with Gasteiger partial charge in [0.25, 0.3) is 0 Å². The van der Waals surface area contributed by atoms with Crippen LogP contribution in [0, 0.1) is 16.7 Å². The average Bonchev–Trinajstić information content (AvgIpc) is 2.19. The number of hydrogen-bond acceptors (Lipinski definition) is 3. The van der Waals surface area contributed by atoms with E-state index in [9.17, 15) is 4.79 Å². The maximum Gasteiger partial charge on any atom is 0.239 e. The van der Waals surface area contributed by atoms with E-state index in [-0.39, 0.29) is 0 Å². The zero-order chi connectivity index (χ0) is 9.73. The van der Waals surface area contributed by atoms with Crippen molar-refractivity contribution in [2.45, 2.75) is 12.8 Å². The van der Waals surface area contributed by atoms with Crippen molar-refractivity contribution in [3.05, 3.63) is 10.4 Å². The second-order valence-electron chi connectivity index (χ2n) is 2.80. The standard InChI is InChI=1S/C7H8N4O2/c8-5-7(6(12)10-11-9)1-3-13-4-2-7/h1-4H2. The molecule has 0 bridgehead atoms. The van der Waals surface area contributed by atoms with E-state index in [4.69, 9.17) is 15.5 Å². The second-order valence-corrected chi connectivity index (χ2v) is 2.80. The molecule has 0 atom stereocenters. The first-order chi connectivity index (χ1) is 6.25. The molecule has 0 saturated carbocycles. The highest BCUT2D eigenvalue weighted by Gasteiger charge is 2.39. The van der Waals surface area contributed by atoms with E-state index in [1.54, 1.807) is 0 Å². The van der Waals surface area contributed by atoms with Gasteiger partial charge in [-0.2, -0.15) is 5.26 Å².